The maximum absolute atomic E-state index is 5.85. The molecule has 2 heterocycles. The van der Waals surface area contributed by atoms with Gasteiger partial charge in [-0.2, -0.15) is 0 Å². The van der Waals surface area contributed by atoms with Gasteiger partial charge in [-0.3, -0.25) is 10.0 Å². The van der Waals surface area contributed by atoms with Gasteiger partial charge in [0.15, 0.2) is 0 Å². The molecule has 2 aliphatic rings. The van der Waals surface area contributed by atoms with Crippen LogP contribution < -0.4 is 32.6 Å². The van der Waals surface area contributed by atoms with Crippen molar-refractivity contribution in [1.82, 2.24) is 10.0 Å². The van der Waals surface area contributed by atoms with Crippen LogP contribution in [0, 0.1) is 0 Å². The quantitative estimate of drug-likeness (QED) is 0.528. The molecule has 18 heavy (non-hydrogen) atoms. The normalized spacial score (nSPS) is 15.7. The largest absolute Gasteiger partial charge is 0.293 e. The van der Waals surface area contributed by atoms with Crippen molar-refractivity contribution in [3.8, 4) is 0 Å². The zero-order chi connectivity index (χ0) is 12.3. The Morgan fingerprint density at radius 1 is 0.556 bits per heavy atom. The van der Waals surface area contributed by atoms with Gasteiger partial charge in [-0.15, -0.1) is 0 Å². The first kappa shape index (κ1) is 9.70. The molecule has 2 aromatic rings. The Kier molecular flexibility index (Phi) is 1.69. The molecule has 0 amide bonds. The van der Waals surface area contributed by atoms with Crippen LogP contribution in [-0.2, 0) is 0 Å². The zero-order valence-electron chi connectivity index (χ0n) is 9.67. The first-order chi connectivity index (χ1) is 8.72. The lowest BCUT2D eigenvalue weighted by Gasteiger charge is -2.17. The highest BCUT2D eigenvalue weighted by atomic mass is 15.4. The number of hydrogen-bond acceptors (Lipinski definition) is 4. The Morgan fingerprint density at radius 3 is 1.11 bits per heavy atom. The summed E-state index contributed by atoms with van der Waals surface area (Å²) in [6.45, 7) is 0. The summed E-state index contributed by atoms with van der Waals surface area (Å²) in [4.78, 5) is 0. The highest BCUT2D eigenvalue weighted by Crippen LogP contribution is 2.02. The van der Waals surface area contributed by atoms with Crippen LogP contribution in [0.3, 0.4) is 0 Å². The average molecular weight is 236 g/mol. The molecule has 88 valence electrons. The summed E-state index contributed by atoms with van der Waals surface area (Å²) in [6, 6.07) is 8.31. The van der Waals surface area contributed by atoms with Crippen LogP contribution in [0.25, 0.3) is 35.6 Å². The van der Waals surface area contributed by atoms with E-state index >= 15 is 0 Å². The van der Waals surface area contributed by atoms with Gasteiger partial charge in [-0.25, -0.2) is 11.7 Å². The molecule has 0 saturated carbocycles. The topological polar surface area (TPSA) is 58.5 Å². The van der Waals surface area contributed by atoms with Gasteiger partial charge in [0, 0.05) is 56.4 Å². The Morgan fingerprint density at radius 2 is 0.833 bits per heavy atom. The number of nitrogens with two attached hydrogens (primary N) is 2. The third kappa shape index (κ3) is 1.16. The standard InChI is InChI=1S/C14H12N4/c15-17-5-9-1-2-10-6-18(16)8-12-4-3-11(7-17)13(9)14(10)12/h1-8H,15-16H2. The van der Waals surface area contributed by atoms with Gasteiger partial charge in [-0.05, 0) is 0 Å². The molecule has 0 aliphatic carbocycles. The molecule has 0 aromatic heterocycles. The van der Waals surface area contributed by atoms with Crippen LogP contribution in [0.5, 0.6) is 0 Å². The highest BCUT2D eigenvalue weighted by molar-refractivity contribution is 5.88. The van der Waals surface area contributed by atoms with E-state index in [-0.39, 0.29) is 0 Å². The van der Waals surface area contributed by atoms with Crippen LogP contribution in [0.4, 0.5) is 0 Å². The summed E-state index contributed by atoms with van der Waals surface area (Å²) < 4.78 is 0. The van der Waals surface area contributed by atoms with E-state index in [4.69, 9.17) is 11.7 Å². The fraction of sp³-hybridized carbons (Fsp3) is 0. The highest BCUT2D eigenvalue weighted by Gasteiger charge is 2.08. The number of hydrazine groups is 2. The molecule has 0 saturated heterocycles. The molecule has 4 heteroatoms. The average Bonchev–Trinajstić information content (AvgIpc) is 2.34. The SMILES string of the molecule is NN1C=c2ccc3c4c(ccc(c24)=C1)=CN(N)C=3. The lowest BCUT2D eigenvalue weighted by Crippen LogP contribution is -2.37. The number of benzene rings is 2. The van der Waals surface area contributed by atoms with Crippen molar-refractivity contribution in [3.63, 3.8) is 0 Å². The molecular weight excluding hydrogens is 224 g/mol. The Hall–Kier alpha value is -2.30. The fourth-order valence-corrected chi connectivity index (χ4v) is 2.75. The van der Waals surface area contributed by atoms with Crippen molar-refractivity contribution in [2.45, 2.75) is 0 Å². The second kappa shape index (κ2) is 3.13. The zero-order valence-corrected chi connectivity index (χ0v) is 9.67. The van der Waals surface area contributed by atoms with Crippen LogP contribution in [0.15, 0.2) is 24.3 Å². The van der Waals surface area contributed by atoms with Crippen molar-refractivity contribution in [3.05, 3.63) is 45.1 Å². The van der Waals surface area contributed by atoms with Crippen molar-refractivity contribution < 1.29 is 0 Å². The summed E-state index contributed by atoms with van der Waals surface area (Å²) in [5.41, 5.74) is 0. The van der Waals surface area contributed by atoms with Gasteiger partial charge in [0.2, 0.25) is 0 Å². The van der Waals surface area contributed by atoms with Crippen LogP contribution >= 0.6 is 0 Å². The first-order valence-corrected chi connectivity index (χ1v) is 5.78. The third-order valence-electron chi connectivity index (χ3n) is 3.44. The lowest BCUT2D eigenvalue weighted by molar-refractivity contribution is 0.634. The molecule has 0 spiro atoms. The molecular formula is C14H12N4. The van der Waals surface area contributed by atoms with E-state index in [1.807, 2.05) is 24.8 Å². The van der Waals surface area contributed by atoms with E-state index in [0.29, 0.717) is 0 Å². The number of hydrogen-bond donors (Lipinski definition) is 2. The van der Waals surface area contributed by atoms with Gasteiger partial charge in [-0.1, -0.05) is 24.3 Å². The Balaban J connectivity index is 2.39. The summed E-state index contributed by atoms with van der Waals surface area (Å²) in [5, 5.41) is 10.3. The van der Waals surface area contributed by atoms with Gasteiger partial charge >= 0.3 is 0 Å². The molecule has 0 atom stereocenters. The molecule has 0 bridgehead atoms. The van der Waals surface area contributed by atoms with E-state index in [0.717, 1.165) is 20.9 Å². The summed E-state index contributed by atoms with van der Waals surface area (Å²) in [6.07, 6.45) is 7.74. The van der Waals surface area contributed by atoms with Crippen molar-refractivity contribution in [1.29, 1.82) is 0 Å². The molecule has 4 nitrogen and oxygen atoms in total. The van der Waals surface area contributed by atoms with Crippen LogP contribution in [0.2, 0.25) is 0 Å². The van der Waals surface area contributed by atoms with E-state index in [9.17, 15) is 0 Å². The maximum atomic E-state index is 5.85. The summed E-state index contributed by atoms with van der Waals surface area (Å²) in [7, 11) is 0. The van der Waals surface area contributed by atoms with Crippen molar-refractivity contribution in [2.24, 2.45) is 11.7 Å². The Bertz CT molecular complexity index is 764. The third-order valence-corrected chi connectivity index (χ3v) is 3.44. The second-order valence-electron chi connectivity index (χ2n) is 4.65. The van der Waals surface area contributed by atoms with Gasteiger partial charge in [0.1, 0.15) is 0 Å². The minimum Gasteiger partial charge on any atom is -0.293 e. The maximum Gasteiger partial charge on any atom is 0.0285 e. The lowest BCUT2D eigenvalue weighted by atomic mass is 10.0. The summed E-state index contributed by atoms with van der Waals surface area (Å²) >= 11 is 0. The smallest absolute Gasteiger partial charge is 0.0285 e. The Labute approximate surface area is 103 Å². The van der Waals surface area contributed by atoms with E-state index in [2.05, 4.69) is 24.3 Å². The molecule has 2 aliphatic heterocycles. The number of nitrogens with zero attached hydrogens (tertiary/aromatic N) is 2. The summed E-state index contributed by atoms with van der Waals surface area (Å²) in [5.74, 6) is 11.7. The molecule has 4 rings (SSSR count). The predicted molar refractivity (Wildman–Crippen MR) is 72.4 cm³/mol. The van der Waals surface area contributed by atoms with Gasteiger partial charge in [0.25, 0.3) is 0 Å². The van der Waals surface area contributed by atoms with Crippen LogP contribution in [-0.4, -0.2) is 10.0 Å². The van der Waals surface area contributed by atoms with Crippen molar-refractivity contribution >= 4 is 35.6 Å². The minimum atomic E-state index is 1.14. The van der Waals surface area contributed by atoms with Crippen molar-refractivity contribution in [2.75, 3.05) is 0 Å². The van der Waals surface area contributed by atoms with E-state index in [1.165, 1.54) is 10.8 Å². The molecule has 0 unspecified atom stereocenters. The fourth-order valence-electron chi connectivity index (χ4n) is 2.75. The first-order valence-electron chi connectivity index (χ1n) is 5.78. The molecule has 0 radical (unpaired) electrons. The molecule has 2 aromatic carbocycles. The van der Waals surface area contributed by atoms with Gasteiger partial charge < -0.3 is 0 Å². The van der Waals surface area contributed by atoms with E-state index in [1.54, 1.807) is 10.0 Å². The monoisotopic (exact) mass is 236 g/mol. The molecule has 0 fully saturated rings. The van der Waals surface area contributed by atoms with E-state index < -0.39 is 0 Å². The van der Waals surface area contributed by atoms with Crippen LogP contribution in [0.1, 0.15) is 0 Å². The predicted octanol–water partition coefficient (Wildman–Crippen LogP) is -1.83. The minimum absolute atomic E-state index is 1.14. The molecule has 4 N–H and O–H groups in total. The number of rotatable bonds is 0. The van der Waals surface area contributed by atoms with Gasteiger partial charge in [0.05, 0.1) is 0 Å². The second-order valence-corrected chi connectivity index (χ2v) is 4.65.